The zero-order chi connectivity index (χ0) is 15.3. The van der Waals surface area contributed by atoms with Crippen LogP contribution < -0.4 is 9.47 Å². The molecular weight excluding hydrogens is 281 g/mol. The summed E-state index contributed by atoms with van der Waals surface area (Å²) in [4.78, 5) is 0. The van der Waals surface area contributed by atoms with Gasteiger partial charge in [-0.15, -0.1) is 0 Å². The molecule has 0 unspecified atom stereocenters. The largest absolute Gasteiger partial charge is 0.494 e. The molecule has 2 nitrogen and oxygen atoms in total. The predicted molar refractivity (Wildman–Crippen MR) is 73.7 cm³/mol. The summed E-state index contributed by atoms with van der Waals surface area (Å²) in [6.07, 6.45) is -3.42. The van der Waals surface area contributed by atoms with E-state index >= 15 is 0 Å². The molecule has 0 spiro atoms. The Morgan fingerprint density at radius 3 is 1.76 bits per heavy atom. The van der Waals surface area contributed by atoms with Gasteiger partial charge >= 0.3 is 6.18 Å². The average molecular weight is 296 g/mol. The van der Waals surface area contributed by atoms with Gasteiger partial charge in [-0.1, -0.05) is 6.92 Å². The Bertz CT molecular complexity index is 560. The lowest BCUT2D eigenvalue weighted by Gasteiger charge is -2.09. The number of alkyl halides is 3. The molecule has 112 valence electrons. The first-order valence-electron chi connectivity index (χ1n) is 6.57. The number of halogens is 3. The van der Waals surface area contributed by atoms with Crippen molar-refractivity contribution in [2.75, 3.05) is 6.61 Å². The number of ether oxygens (including phenoxy) is 2. The van der Waals surface area contributed by atoms with Crippen molar-refractivity contribution in [2.45, 2.75) is 19.5 Å². The zero-order valence-corrected chi connectivity index (χ0v) is 11.5. The molecule has 2 aromatic carbocycles. The minimum atomic E-state index is -4.34. The second-order valence-corrected chi connectivity index (χ2v) is 4.44. The Balaban J connectivity index is 2.01. The maximum atomic E-state index is 12.4. The predicted octanol–water partition coefficient (Wildman–Crippen LogP) is 5.29. The summed E-state index contributed by atoms with van der Waals surface area (Å²) < 4.78 is 48.2. The fourth-order valence-electron chi connectivity index (χ4n) is 1.67. The van der Waals surface area contributed by atoms with Crippen molar-refractivity contribution in [1.29, 1.82) is 0 Å². The quantitative estimate of drug-likeness (QED) is 0.746. The Morgan fingerprint density at radius 1 is 0.810 bits per heavy atom. The second kappa shape index (κ2) is 6.52. The molecule has 0 aliphatic heterocycles. The molecule has 0 aliphatic rings. The van der Waals surface area contributed by atoms with Crippen LogP contribution >= 0.6 is 0 Å². The maximum absolute atomic E-state index is 12.4. The lowest BCUT2D eigenvalue weighted by molar-refractivity contribution is -0.137. The van der Waals surface area contributed by atoms with E-state index in [1.807, 2.05) is 6.92 Å². The summed E-state index contributed by atoms with van der Waals surface area (Å²) in [7, 11) is 0. The first-order chi connectivity index (χ1) is 9.99. The minimum absolute atomic E-state index is 0.352. The number of hydrogen-bond acceptors (Lipinski definition) is 2. The summed E-state index contributed by atoms with van der Waals surface area (Å²) in [5, 5.41) is 0. The van der Waals surface area contributed by atoms with Gasteiger partial charge in [0.25, 0.3) is 0 Å². The molecule has 0 fully saturated rings. The molecular formula is C16H15F3O2. The van der Waals surface area contributed by atoms with Crippen LogP contribution in [-0.4, -0.2) is 6.61 Å². The van der Waals surface area contributed by atoms with E-state index in [4.69, 9.17) is 9.47 Å². The standard InChI is InChI=1S/C16H15F3O2/c1-2-11-20-13-7-9-15(10-8-13)21-14-5-3-12(4-6-14)16(17,18)19/h3-10H,2,11H2,1H3. The number of benzene rings is 2. The van der Waals surface area contributed by atoms with E-state index in [9.17, 15) is 13.2 Å². The number of rotatable bonds is 5. The fourth-order valence-corrected chi connectivity index (χ4v) is 1.67. The second-order valence-electron chi connectivity index (χ2n) is 4.44. The van der Waals surface area contributed by atoms with Gasteiger partial charge in [0, 0.05) is 0 Å². The van der Waals surface area contributed by atoms with Gasteiger partial charge in [-0.05, 0) is 55.0 Å². The Kier molecular flexibility index (Phi) is 4.73. The van der Waals surface area contributed by atoms with Crippen molar-refractivity contribution in [1.82, 2.24) is 0 Å². The van der Waals surface area contributed by atoms with E-state index in [1.54, 1.807) is 24.3 Å². The van der Waals surface area contributed by atoms with Crippen LogP contribution in [0.4, 0.5) is 13.2 Å². The van der Waals surface area contributed by atoms with Gasteiger partial charge in [-0.2, -0.15) is 13.2 Å². The lowest BCUT2D eigenvalue weighted by atomic mass is 10.2. The van der Waals surface area contributed by atoms with Crippen LogP contribution in [0.1, 0.15) is 18.9 Å². The highest BCUT2D eigenvalue weighted by atomic mass is 19.4. The SMILES string of the molecule is CCCOc1ccc(Oc2ccc(C(F)(F)F)cc2)cc1. The summed E-state index contributed by atoms with van der Waals surface area (Å²) in [6, 6.07) is 11.5. The van der Waals surface area contributed by atoms with Crippen molar-refractivity contribution < 1.29 is 22.6 Å². The first kappa shape index (κ1) is 15.2. The van der Waals surface area contributed by atoms with Gasteiger partial charge in [0.05, 0.1) is 12.2 Å². The summed E-state index contributed by atoms with van der Waals surface area (Å²) in [5.74, 6) is 1.63. The average Bonchev–Trinajstić information content (AvgIpc) is 2.46. The molecule has 2 aromatic rings. The van der Waals surface area contributed by atoms with E-state index in [-0.39, 0.29) is 0 Å². The minimum Gasteiger partial charge on any atom is -0.494 e. The third-order valence-corrected chi connectivity index (χ3v) is 2.71. The Morgan fingerprint density at radius 2 is 1.29 bits per heavy atom. The highest BCUT2D eigenvalue weighted by molar-refractivity contribution is 5.36. The lowest BCUT2D eigenvalue weighted by Crippen LogP contribution is -2.03. The van der Waals surface area contributed by atoms with Crippen molar-refractivity contribution >= 4 is 0 Å². The Labute approximate surface area is 121 Å². The van der Waals surface area contributed by atoms with Crippen molar-refractivity contribution in [2.24, 2.45) is 0 Å². The summed E-state index contributed by atoms with van der Waals surface area (Å²) >= 11 is 0. The van der Waals surface area contributed by atoms with Crippen LogP contribution in [0.2, 0.25) is 0 Å². The maximum Gasteiger partial charge on any atom is 0.416 e. The third kappa shape index (κ3) is 4.41. The van der Waals surface area contributed by atoms with Crippen LogP contribution in [0.3, 0.4) is 0 Å². The van der Waals surface area contributed by atoms with Gasteiger partial charge in [0.15, 0.2) is 0 Å². The fraction of sp³-hybridized carbons (Fsp3) is 0.250. The number of hydrogen-bond donors (Lipinski definition) is 0. The molecule has 21 heavy (non-hydrogen) atoms. The van der Waals surface area contributed by atoms with Gasteiger partial charge in [0.1, 0.15) is 17.2 Å². The van der Waals surface area contributed by atoms with Crippen LogP contribution in [0.25, 0.3) is 0 Å². The van der Waals surface area contributed by atoms with Crippen LogP contribution in [0, 0.1) is 0 Å². The van der Waals surface area contributed by atoms with Gasteiger partial charge in [-0.25, -0.2) is 0 Å². The molecule has 0 aromatic heterocycles. The van der Waals surface area contributed by atoms with Gasteiger partial charge in [-0.3, -0.25) is 0 Å². The normalized spacial score (nSPS) is 11.2. The van der Waals surface area contributed by atoms with E-state index < -0.39 is 11.7 Å². The van der Waals surface area contributed by atoms with Gasteiger partial charge in [0.2, 0.25) is 0 Å². The molecule has 0 radical (unpaired) electrons. The third-order valence-electron chi connectivity index (χ3n) is 2.71. The van der Waals surface area contributed by atoms with E-state index in [0.717, 1.165) is 24.3 Å². The van der Waals surface area contributed by atoms with Crippen molar-refractivity contribution in [3.05, 3.63) is 54.1 Å². The van der Waals surface area contributed by atoms with Crippen molar-refractivity contribution in [3.8, 4) is 17.2 Å². The van der Waals surface area contributed by atoms with Gasteiger partial charge < -0.3 is 9.47 Å². The molecule has 0 amide bonds. The molecule has 0 atom stereocenters. The summed E-state index contributed by atoms with van der Waals surface area (Å²) in [6.45, 7) is 2.65. The summed E-state index contributed by atoms with van der Waals surface area (Å²) in [5.41, 5.74) is -0.696. The van der Waals surface area contributed by atoms with Crippen LogP contribution in [-0.2, 0) is 6.18 Å². The first-order valence-corrected chi connectivity index (χ1v) is 6.57. The highest BCUT2D eigenvalue weighted by Crippen LogP contribution is 2.31. The molecule has 0 saturated carbocycles. The van der Waals surface area contributed by atoms with E-state index in [1.165, 1.54) is 12.1 Å². The topological polar surface area (TPSA) is 18.5 Å². The smallest absolute Gasteiger partial charge is 0.416 e. The molecule has 2 rings (SSSR count). The molecule has 0 N–H and O–H groups in total. The zero-order valence-electron chi connectivity index (χ0n) is 11.5. The molecule has 0 aliphatic carbocycles. The van der Waals surface area contributed by atoms with Crippen LogP contribution in [0.15, 0.2) is 48.5 Å². The van der Waals surface area contributed by atoms with E-state index in [0.29, 0.717) is 18.1 Å². The Hall–Kier alpha value is -2.17. The van der Waals surface area contributed by atoms with Crippen LogP contribution in [0.5, 0.6) is 17.2 Å². The molecule has 0 saturated heterocycles. The molecule has 0 heterocycles. The van der Waals surface area contributed by atoms with Crippen molar-refractivity contribution in [3.63, 3.8) is 0 Å². The monoisotopic (exact) mass is 296 g/mol. The van der Waals surface area contributed by atoms with E-state index in [2.05, 4.69) is 0 Å². The molecule has 0 bridgehead atoms. The highest BCUT2D eigenvalue weighted by Gasteiger charge is 2.30. The molecule has 5 heteroatoms.